The molecule has 0 spiro atoms. The van der Waals surface area contributed by atoms with Gasteiger partial charge in [0.15, 0.2) is 0 Å². The van der Waals surface area contributed by atoms with E-state index in [0.717, 1.165) is 5.56 Å². The van der Waals surface area contributed by atoms with E-state index < -0.39 is 6.04 Å². The monoisotopic (exact) mass is 289 g/mol. The summed E-state index contributed by atoms with van der Waals surface area (Å²) in [6.07, 6.45) is 5.44. The number of terminal acetylenes is 1. The molecule has 0 saturated heterocycles. The van der Waals surface area contributed by atoms with Gasteiger partial charge in [0.1, 0.15) is 11.9 Å². The predicted molar refractivity (Wildman–Crippen MR) is 87.8 cm³/mol. The molecule has 22 heavy (non-hydrogen) atoms. The zero-order valence-electron chi connectivity index (χ0n) is 12.2. The molecule has 3 aromatic rings. The smallest absolute Gasteiger partial charge is 0.266 e. The summed E-state index contributed by atoms with van der Waals surface area (Å²) in [6.45, 7) is 1.89. The standard InChI is InChI=1S/C18H15N3O/c1-3-14(19)17-20-15-11-7-8-12(2)16(15)18(22)21(17)13-9-5-4-6-10-13/h1,4-11,14H,19H2,2H3. The molecule has 1 atom stereocenters. The fraction of sp³-hybridized carbons (Fsp3) is 0.111. The average Bonchev–Trinajstić information content (AvgIpc) is 2.54. The Hall–Kier alpha value is -2.90. The number of nitrogens with two attached hydrogens (primary N) is 1. The zero-order valence-corrected chi connectivity index (χ0v) is 12.2. The van der Waals surface area contributed by atoms with Gasteiger partial charge in [-0.2, -0.15) is 0 Å². The van der Waals surface area contributed by atoms with Crippen LogP contribution in [0.25, 0.3) is 16.6 Å². The molecule has 1 aromatic heterocycles. The summed E-state index contributed by atoms with van der Waals surface area (Å²) >= 11 is 0. The molecule has 4 heteroatoms. The van der Waals surface area contributed by atoms with Crippen LogP contribution in [-0.2, 0) is 0 Å². The number of benzene rings is 2. The molecule has 4 nitrogen and oxygen atoms in total. The highest BCUT2D eigenvalue weighted by Crippen LogP contribution is 2.18. The number of para-hydroxylation sites is 1. The summed E-state index contributed by atoms with van der Waals surface area (Å²) in [6, 6.07) is 14.1. The molecule has 0 bridgehead atoms. The SMILES string of the molecule is C#CC(N)c1nc2cccc(C)c2c(=O)n1-c1ccccc1. The molecule has 3 rings (SSSR count). The van der Waals surface area contributed by atoms with Gasteiger partial charge >= 0.3 is 0 Å². The van der Waals surface area contributed by atoms with Gasteiger partial charge in [0.05, 0.1) is 16.6 Å². The third kappa shape index (κ3) is 2.18. The molecule has 0 aliphatic carbocycles. The molecular formula is C18H15N3O. The predicted octanol–water partition coefficient (Wildman–Crippen LogP) is 2.33. The van der Waals surface area contributed by atoms with Crippen LogP contribution in [0.4, 0.5) is 0 Å². The Labute approximate surface area is 128 Å². The van der Waals surface area contributed by atoms with E-state index in [9.17, 15) is 4.79 Å². The van der Waals surface area contributed by atoms with Gasteiger partial charge in [-0.25, -0.2) is 4.98 Å². The largest absolute Gasteiger partial charge is 0.311 e. The minimum Gasteiger partial charge on any atom is -0.311 e. The molecule has 2 aromatic carbocycles. The maximum atomic E-state index is 13.0. The van der Waals surface area contributed by atoms with Crippen molar-refractivity contribution in [1.82, 2.24) is 9.55 Å². The molecular weight excluding hydrogens is 274 g/mol. The van der Waals surface area contributed by atoms with Gasteiger partial charge in [0.25, 0.3) is 5.56 Å². The molecule has 0 saturated carbocycles. The Bertz CT molecular complexity index is 936. The topological polar surface area (TPSA) is 60.9 Å². The minimum absolute atomic E-state index is 0.157. The fourth-order valence-electron chi connectivity index (χ4n) is 2.52. The van der Waals surface area contributed by atoms with Crippen molar-refractivity contribution < 1.29 is 0 Å². The van der Waals surface area contributed by atoms with E-state index in [1.54, 1.807) is 6.07 Å². The summed E-state index contributed by atoms with van der Waals surface area (Å²) in [7, 11) is 0. The van der Waals surface area contributed by atoms with Gasteiger partial charge in [-0.15, -0.1) is 6.42 Å². The first-order chi connectivity index (χ1) is 10.6. The lowest BCUT2D eigenvalue weighted by atomic mass is 10.1. The first kappa shape index (κ1) is 14.1. The second kappa shape index (κ2) is 5.47. The number of nitrogens with zero attached hydrogens (tertiary/aromatic N) is 2. The highest BCUT2D eigenvalue weighted by molar-refractivity contribution is 5.81. The first-order valence-corrected chi connectivity index (χ1v) is 6.93. The van der Waals surface area contributed by atoms with E-state index in [0.29, 0.717) is 22.4 Å². The Kier molecular flexibility index (Phi) is 3.50. The van der Waals surface area contributed by atoms with Crippen LogP contribution in [0.15, 0.2) is 53.3 Å². The number of hydrogen-bond donors (Lipinski definition) is 1. The normalized spacial score (nSPS) is 12.0. The number of aromatic nitrogens is 2. The van der Waals surface area contributed by atoms with Gasteiger partial charge in [0.2, 0.25) is 0 Å². The second-order valence-electron chi connectivity index (χ2n) is 5.06. The molecule has 0 amide bonds. The Balaban J connectivity index is 2.48. The number of fused-ring (bicyclic) bond motifs is 1. The zero-order chi connectivity index (χ0) is 15.7. The van der Waals surface area contributed by atoms with Gasteiger partial charge in [0, 0.05) is 0 Å². The molecule has 0 aliphatic heterocycles. The number of hydrogen-bond acceptors (Lipinski definition) is 3. The van der Waals surface area contributed by atoms with Crippen molar-refractivity contribution in [2.45, 2.75) is 13.0 Å². The van der Waals surface area contributed by atoms with Crippen LogP contribution in [0.5, 0.6) is 0 Å². The highest BCUT2D eigenvalue weighted by Gasteiger charge is 2.17. The van der Waals surface area contributed by atoms with Crippen LogP contribution in [0.1, 0.15) is 17.4 Å². The molecule has 1 heterocycles. The third-order valence-electron chi connectivity index (χ3n) is 3.60. The summed E-state index contributed by atoms with van der Waals surface area (Å²) in [5.74, 6) is 2.83. The van der Waals surface area contributed by atoms with E-state index in [1.165, 1.54) is 4.57 Å². The molecule has 108 valence electrons. The third-order valence-corrected chi connectivity index (χ3v) is 3.60. The van der Waals surface area contributed by atoms with Crippen molar-refractivity contribution in [1.29, 1.82) is 0 Å². The lowest BCUT2D eigenvalue weighted by molar-refractivity contribution is 0.764. The number of aryl methyl sites for hydroxylation is 1. The molecule has 0 radical (unpaired) electrons. The average molecular weight is 289 g/mol. The van der Waals surface area contributed by atoms with Crippen molar-refractivity contribution in [2.24, 2.45) is 5.73 Å². The second-order valence-corrected chi connectivity index (χ2v) is 5.06. The van der Waals surface area contributed by atoms with Crippen LogP contribution in [0, 0.1) is 19.3 Å². The summed E-state index contributed by atoms with van der Waals surface area (Å²) in [4.78, 5) is 17.5. The van der Waals surface area contributed by atoms with Crippen molar-refractivity contribution >= 4 is 10.9 Å². The van der Waals surface area contributed by atoms with Gasteiger partial charge in [-0.1, -0.05) is 36.3 Å². The van der Waals surface area contributed by atoms with Crippen molar-refractivity contribution in [3.05, 3.63) is 70.3 Å². The van der Waals surface area contributed by atoms with E-state index >= 15 is 0 Å². The van der Waals surface area contributed by atoms with E-state index in [1.807, 2.05) is 49.4 Å². The van der Waals surface area contributed by atoms with Gasteiger partial charge in [-0.3, -0.25) is 9.36 Å². The van der Waals surface area contributed by atoms with Crippen LogP contribution >= 0.6 is 0 Å². The summed E-state index contributed by atoms with van der Waals surface area (Å²) in [5, 5.41) is 0.583. The van der Waals surface area contributed by atoms with Crippen LogP contribution in [0.3, 0.4) is 0 Å². The molecule has 0 aliphatic rings. The van der Waals surface area contributed by atoms with Crippen LogP contribution in [0.2, 0.25) is 0 Å². The van der Waals surface area contributed by atoms with Crippen LogP contribution in [-0.4, -0.2) is 9.55 Å². The van der Waals surface area contributed by atoms with Gasteiger partial charge in [-0.05, 0) is 30.7 Å². The summed E-state index contributed by atoms with van der Waals surface area (Å²) in [5.41, 5.74) is 8.00. The summed E-state index contributed by atoms with van der Waals surface area (Å²) < 4.78 is 1.50. The number of rotatable bonds is 2. The molecule has 1 unspecified atom stereocenters. The van der Waals surface area contributed by atoms with Crippen LogP contribution < -0.4 is 11.3 Å². The Morgan fingerprint density at radius 3 is 2.59 bits per heavy atom. The van der Waals surface area contributed by atoms with Crippen molar-refractivity contribution in [3.8, 4) is 18.0 Å². The lowest BCUT2D eigenvalue weighted by Crippen LogP contribution is -2.28. The quantitative estimate of drug-likeness (QED) is 0.737. The van der Waals surface area contributed by atoms with Crippen molar-refractivity contribution in [3.63, 3.8) is 0 Å². The highest BCUT2D eigenvalue weighted by atomic mass is 16.1. The first-order valence-electron chi connectivity index (χ1n) is 6.93. The maximum absolute atomic E-state index is 13.0. The molecule has 2 N–H and O–H groups in total. The van der Waals surface area contributed by atoms with Crippen molar-refractivity contribution in [2.75, 3.05) is 0 Å². The fourth-order valence-corrected chi connectivity index (χ4v) is 2.52. The lowest BCUT2D eigenvalue weighted by Gasteiger charge is -2.16. The molecule has 0 fully saturated rings. The van der Waals surface area contributed by atoms with E-state index in [2.05, 4.69) is 10.9 Å². The Morgan fingerprint density at radius 2 is 1.91 bits per heavy atom. The van der Waals surface area contributed by atoms with Gasteiger partial charge < -0.3 is 5.73 Å². The minimum atomic E-state index is -0.752. The maximum Gasteiger partial charge on any atom is 0.266 e. The van der Waals surface area contributed by atoms with E-state index in [-0.39, 0.29) is 5.56 Å². The van der Waals surface area contributed by atoms with E-state index in [4.69, 9.17) is 12.2 Å². The Morgan fingerprint density at radius 1 is 1.18 bits per heavy atom.